The Morgan fingerprint density at radius 1 is 1.29 bits per heavy atom. The van der Waals surface area contributed by atoms with Gasteiger partial charge in [-0.15, -0.1) is 0 Å². The summed E-state index contributed by atoms with van der Waals surface area (Å²) in [6.45, 7) is 6.60. The summed E-state index contributed by atoms with van der Waals surface area (Å²) in [6.07, 6.45) is 2.11. The van der Waals surface area contributed by atoms with Crippen molar-refractivity contribution in [3.05, 3.63) is 30.1 Å². The summed E-state index contributed by atoms with van der Waals surface area (Å²) in [5.74, 6) is 0.394. The number of rotatable bonds is 7. The molecule has 96 valence electrons. The second-order valence-electron chi connectivity index (χ2n) is 4.33. The van der Waals surface area contributed by atoms with Crippen LogP contribution in [0.3, 0.4) is 0 Å². The van der Waals surface area contributed by atoms with E-state index in [0.29, 0.717) is 18.2 Å². The number of halogens is 1. The van der Waals surface area contributed by atoms with Crippen molar-refractivity contribution in [1.82, 2.24) is 0 Å². The normalized spacial score (nSPS) is 12.5. The number of nitrogens with zero attached hydrogens (tertiary/aromatic N) is 1. The van der Waals surface area contributed by atoms with E-state index in [-0.39, 0.29) is 5.82 Å². The zero-order chi connectivity index (χ0) is 12.7. The summed E-state index contributed by atoms with van der Waals surface area (Å²) < 4.78 is 13.6. The summed E-state index contributed by atoms with van der Waals surface area (Å²) in [5.41, 5.74) is 6.38. The van der Waals surface area contributed by atoms with Crippen molar-refractivity contribution in [2.75, 3.05) is 24.5 Å². The summed E-state index contributed by atoms with van der Waals surface area (Å²) in [5, 5.41) is 0. The van der Waals surface area contributed by atoms with E-state index in [4.69, 9.17) is 5.73 Å². The highest BCUT2D eigenvalue weighted by Gasteiger charge is 2.11. The molecule has 0 bridgehead atoms. The average molecular weight is 238 g/mol. The van der Waals surface area contributed by atoms with Crippen LogP contribution in [0, 0.1) is 11.7 Å². The van der Waals surface area contributed by atoms with Crippen molar-refractivity contribution < 1.29 is 4.39 Å². The third-order valence-corrected chi connectivity index (χ3v) is 3.29. The Balaban J connectivity index is 2.63. The Hall–Kier alpha value is -1.09. The number of para-hydroxylation sites is 1. The van der Waals surface area contributed by atoms with Gasteiger partial charge in [-0.2, -0.15) is 0 Å². The van der Waals surface area contributed by atoms with Crippen LogP contribution in [0.4, 0.5) is 10.1 Å². The first-order valence-electron chi connectivity index (χ1n) is 6.42. The number of hydrogen-bond donors (Lipinski definition) is 1. The molecule has 1 atom stereocenters. The minimum Gasteiger partial charge on any atom is -0.369 e. The molecular formula is C14H23FN2. The van der Waals surface area contributed by atoms with Crippen molar-refractivity contribution in [2.24, 2.45) is 11.7 Å². The Morgan fingerprint density at radius 3 is 2.53 bits per heavy atom. The molecule has 1 rings (SSSR count). The van der Waals surface area contributed by atoms with Crippen molar-refractivity contribution in [1.29, 1.82) is 0 Å². The monoisotopic (exact) mass is 238 g/mol. The van der Waals surface area contributed by atoms with Gasteiger partial charge in [0.05, 0.1) is 5.69 Å². The van der Waals surface area contributed by atoms with Gasteiger partial charge in [0, 0.05) is 13.1 Å². The third-order valence-electron chi connectivity index (χ3n) is 3.29. The van der Waals surface area contributed by atoms with Gasteiger partial charge in [-0.3, -0.25) is 0 Å². The molecule has 0 heterocycles. The SMILES string of the molecule is CCC(CN)CCN(CC)c1ccccc1F. The Morgan fingerprint density at radius 2 is 2.00 bits per heavy atom. The number of benzene rings is 1. The molecule has 0 saturated carbocycles. The third kappa shape index (κ3) is 4.00. The minimum absolute atomic E-state index is 0.143. The Kier molecular flexibility index (Phi) is 5.98. The molecular weight excluding hydrogens is 215 g/mol. The molecule has 0 saturated heterocycles. The van der Waals surface area contributed by atoms with E-state index in [9.17, 15) is 4.39 Å². The topological polar surface area (TPSA) is 29.3 Å². The second kappa shape index (κ2) is 7.28. The smallest absolute Gasteiger partial charge is 0.146 e. The van der Waals surface area contributed by atoms with Crippen molar-refractivity contribution in [3.63, 3.8) is 0 Å². The average Bonchev–Trinajstić information content (AvgIpc) is 2.36. The van der Waals surface area contributed by atoms with Gasteiger partial charge in [0.15, 0.2) is 0 Å². The molecule has 0 spiro atoms. The molecule has 0 aliphatic rings. The minimum atomic E-state index is -0.143. The molecule has 2 N–H and O–H groups in total. The van der Waals surface area contributed by atoms with Gasteiger partial charge in [0.1, 0.15) is 5.82 Å². The molecule has 0 aromatic heterocycles. The molecule has 1 unspecified atom stereocenters. The summed E-state index contributed by atoms with van der Waals surface area (Å²) in [6, 6.07) is 6.95. The second-order valence-corrected chi connectivity index (χ2v) is 4.33. The Labute approximate surface area is 104 Å². The van der Waals surface area contributed by atoms with E-state index in [1.807, 2.05) is 12.1 Å². The lowest BCUT2D eigenvalue weighted by atomic mass is 10.0. The highest BCUT2D eigenvalue weighted by molar-refractivity contribution is 5.47. The van der Waals surface area contributed by atoms with Gasteiger partial charge < -0.3 is 10.6 Å². The van der Waals surface area contributed by atoms with Crippen LogP contribution in [0.1, 0.15) is 26.7 Å². The van der Waals surface area contributed by atoms with Crippen LogP contribution < -0.4 is 10.6 Å². The lowest BCUT2D eigenvalue weighted by Crippen LogP contribution is -2.28. The predicted molar refractivity (Wildman–Crippen MR) is 71.7 cm³/mol. The Bertz CT molecular complexity index is 324. The molecule has 0 aliphatic heterocycles. The first-order valence-corrected chi connectivity index (χ1v) is 6.42. The van der Waals surface area contributed by atoms with Crippen LogP contribution >= 0.6 is 0 Å². The molecule has 0 radical (unpaired) electrons. The summed E-state index contributed by atoms with van der Waals surface area (Å²) in [4.78, 5) is 2.08. The molecule has 0 aliphatic carbocycles. The quantitative estimate of drug-likeness (QED) is 0.791. The largest absolute Gasteiger partial charge is 0.369 e. The van der Waals surface area contributed by atoms with E-state index in [0.717, 1.165) is 25.9 Å². The van der Waals surface area contributed by atoms with Gasteiger partial charge in [-0.1, -0.05) is 25.5 Å². The van der Waals surface area contributed by atoms with E-state index in [1.54, 1.807) is 6.07 Å². The zero-order valence-corrected chi connectivity index (χ0v) is 10.8. The van der Waals surface area contributed by atoms with E-state index in [1.165, 1.54) is 6.07 Å². The summed E-state index contributed by atoms with van der Waals surface area (Å²) in [7, 11) is 0. The molecule has 1 aromatic carbocycles. The molecule has 0 amide bonds. The maximum Gasteiger partial charge on any atom is 0.146 e. The zero-order valence-electron chi connectivity index (χ0n) is 10.8. The lowest BCUT2D eigenvalue weighted by Gasteiger charge is -2.25. The highest BCUT2D eigenvalue weighted by atomic mass is 19.1. The number of nitrogens with two attached hydrogens (primary N) is 1. The highest BCUT2D eigenvalue weighted by Crippen LogP contribution is 2.19. The molecule has 1 aromatic rings. The molecule has 0 fully saturated rings. The number of hydrogen-bond acceptors (Lipinski definition) is 2. The maximum absolute atomic E-state index is 13.6. The standard InChI is InChI=1S/C14H23FN2/c1-3-12(11-16)9-10-17(4-2)14-8-6-5-7-13(14)15/h5-8,12H,3-4,9-11,16H2,1-2H3. The fraction of sp³-hybridized carbons (Fsp3) is 0.571. The maximum atomic E-state index is 13.6. The van der Waals surface area contributed by atoms with Crippen LogP contribution in [0.15, 0.2) is 24.3 Å². The van der Waals surface area contributed by atoms with Crippen LogP contribution in [0.25, 0.3) is 0 Å². The van der Waals surface area contributed by atoms with E-state index < -0.39 is 0 Å². The fourth-order valence-electron chi connectivity index (χ4n) is 1.98. The van der Waals surface area contributed by atoms with Gasteiger partial charge in [0.2, 0.25) is 0 Å². The van der Waals surface area contributed by atoms with Crippen molar-refractivity contribution in [3.8, 4) is 0 Å². The van der Waals surface area contributed by atoms with Gasteiger partial charge in [-0.25, -0.2) is 4.39 Å². The van der Waals surface area contributed by atoms with Crippen LogP contribution in [0.5, 0.6) is 0 Å². The van der Waals surface area contributed by atoms with Crippen molar-refractivity contribution in [2.45, 2.75) is 26.7 Å². The van der Waals surface area contributed by atoms with Gasteiger partial charge in [0.25, 0.3) is 0 Å². The summed E-state index contributed by atoms with van der Waals surface area (Å²) >= 11 is 0. The first-order chi connectivity index (χ1) is 8.22. The number of anilines is 1. The van der Waals surface area contributed by atoms with E-state index >= 15 is 0 Å². The molecule has 17 heavy (non-hydrogen) atoms. The predicted octanol–water partition coefficient (Wildman–Crippen LogP) is 3.03. The lowest BCUT2D eigenvalue weighted by molar-refractivity contribution is 0.478. The van der Waals surface area contributed by atoms with Crippen molar-refractivity contribution >= 4 is 5.69 Å². The van der Waals surface area contributed by atoms with Gasteiger partial charge in [-0.05, 0) is 37.9 Å². The molecule has 3 heteroatoms. The van der Waals surface area contributed by atoms with E-state index in [2.05, 4.69) is 18.7 Å². The fourth-order valence-corrected chi connectivity index (χ4v) is 1.98. The van der Waals surface area contributed by atoms with Crippen LogP contribution in [-0.2, 0) is 0 Å². The van der Waals surface area contributed by atoms with Crippen LogP contribution in [-0.4, -0.2) is 19.6 Å². The first kappa shape index (κ1) is 14.0. The molecule has 2 nitrogen and oxygen atoms in total. The van der Waals surface area contributed by atoms with Gasteiger partial charge >= 0.3 is 0 Å². The van der Waals surface area contributed by atoms with Crippen LogP contribution in [0.2, 0.25) is 0 Å².